The Balaban J connectivity index is 1.33. The summed E-state index contributed by atoms with van der Waals surface area (Å²) in [5.41, 5.74) is 4.91. The maximum atomic E-state index is 13.1. The summed E-state index contributed by atoms with van der Waals surface area (Å²) in [6.45, 7) is 3.09. The van der Waals surface area contributed by atoms with Gasteiger partial charge in [-0.2, -0.15) is 0 Å². The molecule has 1 amide bonds. The Labute approximate surface area is 270 Å². The maximum Gasteiger partial charge on any atom is 0.330 e. The van der Waals surface area contributed by atoms with Gasteiger partial charge in [-0.15, -0.1) is 0 Å². The lowest BCUT2D eigenvalue weighted by Crippen LogP contribution is -2.40. The Kier molecular flexibility index (Phi) is 8.30. The van der Waals surface area contributed by atoms with Crippen molar-refractivity contribution in [2.75, 3.05) is 25.5 Å². The Morgan fingerprint density at radius 3 is 2.50 bits per heavy atom. The quantitative estimate of drug-likeness (QED) is 0.302. The number of carbonyl (C=O) groups is 2. The van der Waals surface area contributed by atoms with Gasteiger partial charge in [0.1, 0.15) is 5.56 Å². The fraction of sp³-hybridized carbons (Fsp3) is 0.324. The van der Waals surface area contributed by atoms with Crippen LogP contribution in [0.3, 0.4) is 0 Å². The molecular formula is C34H34ClN5O6. The highest BCUT2D eigenvalue weighted by Crippen LogP contribution is 2.45. The summed E-state index contributed by atoms with van der Waals surface area (Å²) in [5.74, 6) is -1.23. The SMILES string of the molecule is COc1nc(-c2cccc(-c3cccc(NC(=O)c4cn(C)c(=O)n(C)c4=O)c3C)c2Cl)cc2c1[C@@H](N1CC[C@@H](C(=O)O)C1)CC2. The number of ether oxygens (including phenoxy) is 1. The van der Waals surface area contributed by atoms with Crippen LogP contribution in [0.25, 0.3) is 22.4 Å². The minimum Gasteiger partial charge on any atom is -0.481 e. The molecule has 0 unspecified atom stereocenters. The smallest absolute Gasteiger partial charge is 0.330 e. The molecule has 2 N–H and O–H groups in total. The van der Waals surface area contributed by atoms with Crippen molar-refractivity contribution < 1.29 is 19.4 Å². The molecule has 1 aliphatic carbocycles. The number of benzene rings is 2. The van der Waals surface area contributed by atoms with E-state index in [1.165, 1.54) is 24.9 Å². The summed E-state index contributed by atoms with van der Waals surface area (Å²) in [4.78, 5) is 56.5. The zero-order chi connectivity index (χ0) is 32.9. The number of amides is 1. The number of pyridine rings is 1. The second kappa shape index (κ2) is 12.2. The molecule has 2 aliphatic rings. The van der Waals surface area contributed by atoms with Crippen molar-refractivity contribution in [2.24, 2.45) is 20.0 Å². The summed E-state index contributed by atoms with van der Waals surface area (Å²) in [6, 6.07) is 13.2. The number of carboxylic acid groups (broad SMARTS) is 1. The first-order valence-electron chi connectivity index (χ1n) is 15.0. The van der Waals surface area contributed by atoms with Crippen LogP contribution < -0.4 is 21.3 Å². The number of methoxy groups -OCH3 is 1. The lowest BCUT2D eigenvalue weighted by atomic mass is 9.96. The minimum absolute atomic E-state index is 0.0548. The first-order chi connectivity index (χ1) is 22.0. The number of halogens is 1. The van der Waals surface area contributed by atoms with Crippen LogP contribution in [0, 0.1) is 12.8 Å². The molecule has 3 heterocycles. The van der Waals surface area contributed by atoms with E-state index in [0.29, 0.717) is 35.2 Å². The Morgan fingerprint density at radius 1 is 1.07 bits per heavy atom. The van der Waals surface area contributed by atoms with Gasteiger partial charge in [-0.3, -0.25) is 23.9 Å². The number of anilines is 1. The molecule has 4 aromatic rings. The summed E-state index contributed by atoms with van der Waals surface area (Å²) < 4.78 is 7.88. The summed E-state index contributed by atoms with van der Waals surface area (Å²) in [7, 11) is 4.40. The topological polar surface area (TPSA) is 136 Å². The van der Waals surface area contributed by atoms with E-state index in [1.807, 2.05) is 37.3 Å². The van der Waals surface area contributed by atoms with Crippen molar-refractivity contribution in [2.45, 2.75) is 32.2 Å². The molecule has 11 nitrogen and oxygen atoms in total. The van der Waals surface area contributed by atoms with Gasteiger partial charge < -0.3 is 19.7 Å². The van der Waals surface area contributed by atoms with Crippen LogP contribution in [-0.4, -0.2) is 56.2 Å². The monoisotopic (exact) mass is 643 g/mol. The molecule has 238 valence electrons. The van der Waals surface area contributed by atoms with Crippen LogP contribution in [0.5, 0.6) is 5.88 Å². The highest BCUT2D eigenvalue weighted by atomic mass is 35.5. The molecule has 1 saturated heterocycles. The summed E-state index contributed by atoms with van der Waals surface area (Å²) in [5, 5.41) is 12.8. The minimum atomic E-state index is -0.756. The number of aliphatic carboxylic acids is 1. The van der Waals surface area contributed by atoms with E-state index in [0.717, 1.165) is 57.3 Å². The fourth-order valence-electron chi connectivity index (χ4n) is 6.67. The largest absolute Gasteiger partial charge is 0.481 e. The van der Waals surface area contributed by atoms with Gasteiger partial charge in [0.2, 0.25) is 5.88 Å². The number of aryl methyl sites for hydroxylation is 2. The molecule has 0 bridgehead atoms. The predicted octanol–water partition coefficient (Wildman–Crippen LogP) is 4.43. The van der Waals surface area contributed by atoms with Gasteiger partial charge in [0.05, 0.1) is 23.7 Å². The number of hydrogen-bond acceptors (Lipinski definition) is 7. The molecule has 2 aromatic carbocycles. The van der Waals surface area contributed by atoms with E-state index in [9.17, 15) is 24.3 Å². The normalized spacial score (nSPS) is 17.6. The maximum absolute atomic E-state index is 13.1. The Morgan fingerprint density at radius 2 is 1.78 bits per heavy atom. The van der Waals surface area contributed by atoms with E-state index in [1.54, 1.807) is 19.2 Å². The van der Waals surface area contributed by atoms with E-state index in [4.69, 9.17) is 21.3 Å². The van der Waals surface area contributed by atoms with Crippen LogP contribution in [0.2, 0.25) is 5.02 Å². The van der Waals surface area contributed by atoms with E-state index in [-0.39, 0.29) is 17.5 Å². The van der Waals surface area contributed by atoms with Crippen molar-refractivity contribution in [3.63, 3.8) is 0 Å². The van der Waals surface area contributed by atoms with Gasteiger partial charge in [0.25, 0.3) is 11.5 Å². The van der Waals surface area contributed by atoms with Crippen molar-refractivity contribution >= 4 is 29.2 Å². The molecule has 1 fully saturated rings. The van der Waals surface area contributed by atoms with Crippen LogP contribution in [-0.2, 0) is 25.3 Å². The number of carbonyl (C=O) groups excluding carboxylic acids is 1. The zero-order valence-corrected chi connectivity index (χ0v) is 26.7. The predicted molar refractivity (Wildman–Crippen MR) is 175 cm³/mol. The number of fused-ring (bicyclic) bond motifs is 1. The number of likely N-dealkylation sites (tertiary alicyclic amines) is 1. The second-order valence-electron chi connectivity index (χ2n) is 11.9. The van der Waals surface area contributed by atoms with Crippen molar-refractivity contribution in [3.05, 3.63) is 96.8 Å². The molecule has 0 saturated carbocycles. The van der Waals surface area contributed by atoms with Crippen LogP contribution >= 0.6 is 11.6 Å². The zero-order valence-electron chi connectivity index (χ0n) is 26.0. The van der Waals surface area contributed by atoms with Crippen molar-refractivity contribution in [1.82, 2.24) is 19.0 Å². The third-order valence-electron chi connectivity index (χ3n) is 9.17. The number of nitrogens with zero attached hydrogens (tertiary/aromatic N) is 4. The summed E-state index contributed by atoms with van der Waals surface area (Å²) >= 11 is 7.09. The molecule has 6 rings (SSSR count). The second-order valence-corrected chi connectivity index (χ2v) is 12.2. The molecule has 1 aliphatic heterocycles. The third kappa shape index (κ3) is 5.39. The number of aromatic nitrogens is 3. The van der Waals surface area contributed by atoms with Crippen LogP contribution in [0.4, 0.5) is 5.69 Å². The molecule has 0 spiro atoms. The van der Waals surface area contributed by atoms with Crippen LogP contribution in [0.15, 0.2) is 58.3 Å². The van der Waals surface area contributed by atoms with Gasteiger partial charge in [0, 0.05) is 55.3 Å². The van der Waals surface area contributed by atoms with Crippen LogP contribution in [0.1, 0.15) is 45.9 Å². The number of nitrogens with one attached hydrogen (secondary N) is 1. The van der Waals surface area contributed by atoms with E-state index in [2.05, 4.69) is 10.2 Å². The fourth-order valence-corrected chi connectivity index (χ4v) is 6.99. The van der Waals surface area contributed by atoms with Gasteiger partial charge in [-0.25, -0.2) is 9.78 Å². The molecule has 46 heavy (non-hydrogen) atoms. The first kappa shape index (κ1) is 31.3. The molecular weight excluding hydrogens is 610 g/mol. The van der Waals surface area contributed by atoms with Gasteiger partial charge in [-0.1, -0.05) is 41.9 Å². The lowest BCUT2D eigenvalue weighted by Gasteiger charge is -2.25. The molecule has 0 radical (unpaired) electrons. The van der Waals surface area contributed by atoms with Gasteiger partial charge >= 0.3 is 11.7 Å². The highest BCUT2D eigenvalue weighted by Gasteiger charge is 2.38. The van der Waals surface area contributed by atoms with Gasteiger partial charge in [-0.05, 0) is 61.6 Å². The average Bonchev–Trinajstić information content (AvgIpc) is 3.70. The molecule has 12 heteroatoms. The Hall–Kier alpha value is -4.74. The molecule has 2 atom stereocenters. The highest BCUT2D eigenvalue weighted by molar-refractivity contribution is 6.36. The average molecular weight is 644 g/mol. The van der Waals surface area contributed by atoms with E-state index >= 15 is 0 Å². The lowest BCUT2D eigenvalue weighted by molar-refractivity contribution is -0.141. The van der Waals surface area contributed by atoms with Crippen molar-refractivity contribution in [3.8, 4) is 28.3 Å². The number of hydrogen-bond donors (Lipinski definition) is 2. The Bertz CT molecular complexity index is 2020. The number of carboxylic acids is 1. The van der Waals surface area contributed by atoms with E-state index < -0.39 is 23.1 Å². The first-order valence-corrected chi connectivity index (χ1v) is 15.4. The third-order valence-corrected chi connectivity index (χ3v) is 9.58. The van der Waals surface area contributed by atoms with Gasteiger partial charge in [0.15, 0.2) is 0 Å². The number of rotatable bonds is 7. The standard InChI is InChI=1S/C34H34ClN5O6/c1-18-21(7-6-10-25(18)36-30(41)24-17-38(2)34(45)39(3)32(24)42)22-8-5-9-23(29(22)35)26-15-19-11-12-27(28(19)31(37-26)46-4)40-14-13-20(16-40)33(43)44/h5-10,15,17,20,27H,11-14,16H2,1-4H3,(H,36,41)(H,43,44)/t20-,27+/m1/s1. The molecule has 2 aromatic heterocycles. The van der Waals surface area contributed by atoms with Crippen molar-refractivity contribution in [1.29, 1.82) is 0 Å². The summed E-state index contributed by atoms with van der Waals surface area (Å²) in [6.07, 6.45) is 3.54.